The molecule has 40 heavy (non-hydrogen) atoms. The summed E-state index contributed by atoms with van der Waals surface area (Å²) >= 11 is 0. The Morgan fingerprint density at radius 2 is 1.65 bits per heavy atom. The molecule has 0 aromatic heterocycles. The molecule has 3 aliphatic rings. The van der Waals surface area contributed by atoms with E-state index in [1.165, 1.54) is 38.5 Å². The van der Waals surface area contributed by atoms with E-state index in [2.05, 4.69) is 12.2 Å². The van der Waals surface area contributed by atoms with Crippen molar-refractivity contribution < 1.29 is 24.5 Å². The summed E-state index contributed by atoms with van der Waals surface area (Å²) in [7, 11) is 0. The highest BCUT2D eigenvalue weighted by Gasteiger charge is 2.51. The first kappa shape index (κ1) is 30.6. The lowest BCUT2D eigenvalue weighted by Crippen LogP contribution is -2.58. The number of rotatable bonds is 15. The number of ether oxygens (including phenoxy) is 1. The summed E-state index contributed by atoms with van der Waals surface area (Å²) in [6.45, 7) is 2.23. The van der Waals surface area contributed by atoms with Crippen LogP contribution >= 0.6 is 0 Å². The van der Waals surface area contributed by atoms with Crippen LogP contribution in [0.1, 0.15) is 115 Å². The van der Waals surface area contributed by atoms with Gasteiger partial charge in [-0.25, -0.2) is 0 Å². The van der Waals surface area contributed by atoms with E-state index in [0.29, 0.717) is 17.7 Å². The van der Waals surface area contributed by atoms with Crippen molar-refractivity contribution in [3.8, 4) is 5.75 Å². The van der Waals surface area contributed by atoms with Crippen molar-refractivity contribution in [2.45, 2.75) is 133 Å². The van der Waals surface area contributed by atoms with Gasteiger partial charge in [0.05, 0.1) is 18.6 Å². The Morgan fingerprint density at radius 1 is 0.975 bits per heavy atom. The van der Waals surface area contributed by atoms with Gasteiger partial charge in [0.15, 0.2) is 0 Å². The lowest BCUT2D eigenvalue weighted by molar-refractivity contribution is -0.141. The minimum atomic E-state index is -0.944. The minimum Gasteiger partial charge on any atom is -0.486 e. The fourth-order valence-corrected chi connectivity index (χ4v) is 6.85. The number of unbranched alkanes of at least 4 members (excludes halogenated alkanes) is 8. The highest BCUT2D eigenvalue weighted by molar-refractivity contribution is 5.96. The predicted molar refractivity (Wildman–Crippen MR) is 157 cm³/mol. The van der Waals surface area contributed by atoms with E-state index in [-0.39, 0.29) is 31.0 Å². The molecule has 1 heterocycles. The number of aliphatic hydroxyl groups is 2. The van der Waals surface area contributed by atoms with E-state index >= 15 is 0 Å². The molecule has 1 aromatic carbocycles. The van der Waals surface area contributed by atoms with Gasteiger partial charge in [-0.05, 0) is 31.4 Å². The summed E-state index contributed by atoms with van der Waals surface area (Å²) < 4.78 is 6.26. The van der Waals surface area contributed by atoms with E-state index in [4.69, 9.17) is 4.74 Å². The average Bonchev–Trinajstić information content (AvgIpc) is 3.37. The molecule has 4 unspecified atom stereocenters. The summed E-state index contributed by atoms with van der Waals surface area (Å²) in [4.78, 5) is 29.1. The van der Waals surface area contributed by atoms with E-state index in [1.54, 1.807) is 0 Å². The number of carbonyl (C=O) groups excluding carboxylic acids is 2. The Bertz CT molecular complexity index is 989. The molecule has 3 N–H and O–H groups in total. The Morgan fingerprint density at radius 3 is 2.35 bits per heavy atom. The molecule has 2 aliphatic carbocycles. The molecule has 1 aromatic rings. The molecular weight excluding hydrogens is 504 g/mol. The minimum absolute atomic E-state index is 0.0535. The molecule has 0 bridgehead atoms. The maximum atomic E-state index is 13.9. The first-order valence-corrected chi connectivity index (χ1v) is 15.9. The number of carbonyl (C=O) groups is 2. The summed E-state index contributed by atoms with van der Waals surface area (Å²) in [6, 6.07) is 7.03. The van der Waals surface area contributed by atoms with Crippen molar-refractivity contribution in [1.82, 2.24) is 10.2 Å². The largest absolute Gasteiger partial charge is 0.486 e. The van der Waals surface area contributed by atoms with Crippen molar-refractivity contribution in [3.63, 3.8) is 0 Å². The van der Waals surface area contributed by atoms with Crippen LogP contribution < -0.4 is 10.1 Å². The number of hydrogen-bond donors (Lipinski definition) is 3. The highest BCUT2D eigenvalue weighted by Crippen LogP contribution is 2.47. The normalized spacial score (nSPS) is 24.0. The first-order valence-electron chi connectivity index (χ1n) is 15.9. The zero-order chi connectivity index (χ0) is 28.3. The maximum Gasteiger partial charge on any atom is 0.247 e. The van der Waals surface area contributed by atoms with Crippen molar-refractivity contribution in [3.05, 3.63) is 41.5 Å². The number of nitrogens with one attached hydrogen (secondary N) is 1. The SMILES string of the molecule is CCCCCCCCCCCC(=O)N(C1CCCCC1)C1C=C(C(=O)NCCO)C2c3ccccc3OC2C1O. The molecule has 1 saturated carbocycles. The third-order valence-corrected chi connectivity index (χ3v) is 8.95. The topological polar surface area (TPSA) is 99.1 Å². The van der Waals surface area contributed by atoms with Crippen molar-refractivity contribution in [1.29, 1.82) is 0 Å². The van der Waals surface area contributed by atoms with Gasteiger partial charge in [-0.2, -0.15) is 0 Å². The Balaban J connectivity index is 1.50. The van der Waals surface area contributed by atoms with Crippen LogP contribution in [0, 0.1) is 0 Å². The first-order chi connectivity index (χ1) is 19.6. The van der Waals surface area contributed by atoms with Crippen LogP contribution in [0.15, 0.2) is 35.9 Å². The second-order valence-electron chi connectivity index (χ2n) is 11.9. The smallest absolute Gasteiger partial charge is 0.247 e. The van der Waals surface area contributed by atoms with E-state index in [1.807, 2.05) is 35.2 Å². The van der Waals surface area contributed by atoms with Crippen LogP contribution in [0.4, 0.5) is 0 Å². The van der Waals surface area contributed by atoms with Crippen LogP contribution in [0.5, 0.6) is 5.75 Å². The lowest BCUT2D eigenvalue weighted by Gasteiger charge is -2.45. The second-order valence-corrected chi connectivity index (χ2v) is 11.9. The summed E-state index contributed by atoms with van der Waals surface area (Å²) in [5.74, 6) is 0.0422. The third kappa shape index (κ3) is 7.47. The molecule has 222 valence electrons. The van der Waals surface area contributed by atoms with Crippen LogP contribution in [0.25, 0.3) is 0 Å². The third-order valence-electron chi connectivity index (χ3n) is 8.95. The molecule has 0 radical (unpaired) electrons. The number of amides is 2. The Hall–Kier alpha value is -2.38. The van der Waals surface area contributed by atoms with Gasteiger partial charge in [-0.1, -0.05) is 95.8 Å². The average molecular weight is 555 g/mol. The summed E-state index contributed by atoms with van der Waals surface area (Å²) in [5, 5.41) is 23.8. The van der Waals surface area contributed by atoms with Gasteiger partial charge in [0.1, 0.15) is 18.0 Å². The van der Waals surface area contributed by atoms with E-state index in [9.17, 15) is 19.8 Å². The van der Waals surface area contributed by atoms with Gasteiger partial charge in [-0.15, -0.1) is 0 Å². The Labute approximate surface area is 240 Å². The highest BCUT2D eigenvalue weighted by atomic mass is 16.5. The fourth-order valence-electron chi connectivity index (χ4n) is 6.85. The molecule has 1 aliphatic heterocycles. The molecular formula is C33H50N2O5. The van der Waals surface area contributed by atoms with E-state index in [0.717, 1.165) is 56.9 Å². The number of hydrogen-bond acceptors (Lipinski definition) is 5. The molecule has 4 atom stereocenters. The molecule has 1 fully saturated rings. The predicted octanol–water partition coefficient (Wildman–Crippen LogP) is 5.39. The molecule has 4 rings (SSSR count). The van der Waals surface area contributed by atoms with Crippen molar-refractivity contribution in [2.75, 3.05) is 13.2 Å². The standard InChI is InChI=1S/C33H50N2O5/c1-2-3-4-5-6-7-8-9-13-20-29(37)35(24-16-11-10-12-17-24)27-23-26(33(39)34-21-22-36)30-25-18-14-15-19-28(25)40-32(30)31(27)38/h14-15,18-19,23-24,27,30-32,36,38H,2-13,16-17,20-22H2,1H3,(H,34,39). The van der Waals surface area contributed by atoms with E-state index < -0.39 is 24.2 Å². The van der Waals surface area contributed by atoms with Gasteiger partial charge in [0.2, 0.25) is 11.8 Å². The second kappa shape index (κ2) is 15.6. The van der Waals surface area contributed by atoms with Crippen LogP contribution in [-0.4, -0.2) is 64.4 Å². The van der Waals surface area contributed by atoms with Gasteiger partial charge < -0.3 is 25.2 Å². The zero-order valence-corrected chi connectivity index (χ0v) is 24.4. The van der Waals surface area contributed by atoms with Crippen LogP contribution in [-0.2, 0) is 9.59 Å². The number of aliphatic hydroxyl groups excluding tert-OH is 2. The summed E-state index contributed by atoms with van der Waals surface area (Å²) in [5.41, 5.74) is 1.39. The zero-order valence-electron chi connectivity index (χ0n) is 24.4. The van der Waals surface area contributed by atoms with Gasteiger partial charge in [0, 0.05) is 30.1 Å². The van der Waals surface area contributed by atoms with Gasteiger partial charge in [-0.3, -0.25) is 9.59 Å². The summed E-state index contributed by atoms with van der Waals surface area (Å²) in [6.07, 6.45) is 16.6. The Kier molecular flexibility index (Phi) is 11.9. The van der Waals surface area contributed by atoms with Gasteiger partial charge >= 0.3 is 0 Å². The molecule has 7 nitrogen and oxygen atoms in total. The van der Waals surface area contributed by atoms with Crippen LogP contribution in [0.2, 0.25) is 0 Å². The maximum absolute atomic E-state index is 13.9. The van der Waals surface area contributed by atoms with Crippen LogP contribution in [0.3, 0.4) is 0 Å². The number of benzene rings is 1. The molecule has 7 heteroatoms. The fraction of sp³-hybridized carbons (Fsp3) is 0.697. The number of nitrogens with zero attached hydrogens (tertiary/aromatic N) is 1. The van der Waals surface area contributed by atoms with Crippen molar-refractivity contribution >= 4 is 11.8 Å². The molecule has 2 amide bonds. The molecule has 0 spiro atoms. The monoisotopic (exact) mass is 554 g/mol. The quantitative estimate of drug-likeness (QED) is 0.253. The lowest BCUT2D eigenvalue weighted by atomic mass is 9.76. The van der Waals surface area contributed by atoms with Gasteiger partial charge in [0.25, 0.3) is 0 Å². The van der Waals surface area contributed by atoms with Crippen molar-refractivity contribution in [2.24, 2.45) is 0 Å². The number of fused-ring (bicyclic) bond motifs is 3. The number of para-hydroxylation sites is 1. The molecule has 0 saturated heterocycles.